The van der Waals surface area contributed by atoms with Gasteiger partial charge in [0, 0.05) is 36.1 Å². The van der Waals surface area contributed by atoms with Crippen LogP contribution in [0.25, 0.3) is 0 Å². The van der Waals surface area contributed by atoms with Crippen molar-refractivity contribution in [2.75, 3.05) is 32.8 Å². The van der Waals surface area contributed by atoms with E-state index in [1.807, 2.05) is 36.1 Å². The predicted molar refractivity (Wildman–Crippen MR) is 96.6 cm³/mol. The van der Waals surface area contributed by atoms with Crippen molar-refractivity contribution in [1.29, 1.82) is 0 Å². The number of halogens is 1. The third-order valence-electron chi connectivity index (χ3n) is 3.86. The highest BCUT2D eigenvalue weighted by atomic mass is 35.5. The quantitative estimate of drug-likeness (QED) is 0.744. The van der Waals surface area contributed by atoms with E-state index in [1.54, 1.807) is 23.6 Å². The van der Waals surface area contributed by atoms with Crippen LogP contribution in [0.5, 0.6) is 0 Å². The molecule has 1 heterocycles. The smallest absolute Gasteiger partial charge is 0.409 e. The Morgan fingerprint density at radius 1 is 1.12 bits per heavy atom. The predicted octanol–water partition coefficient (Wildman–Crippen LogP) is 3.51. The molecule has 0 radical (unpaired) electrons. The lowest BCUT2D eigenvalue weighted by Crippen LogP contribution is -2.52. The van der Waals surface area contributed by atoms with Crippen LogP contribution in [0.3, 0.4) is 0 Å². The molecule has 7 heteroatoms. The zero-order valence-electron chi connectivity index (χ0n) is 14.0. The molecule has 1 fully saturated rings. The van der Waals surface area contributed by atoms with Gasteiger partial charge in [0.25, 0.3) is 0 Å². The molecule has 0 aliphatic carbocycles. The largest absolute Gasteiger partial charge is 0.450 e. The van der Waals surface area contributed by atoms with Crippen molar-refractivity contribution in [3.63, 3.8) is 0 Å². The van der Waals surface area contributed by atoms with E-state index < -0.39 is 0 Å². The second-order valence-corrected chi connectivity index (χ2v) is 7.19. The zero-order chi connectivity index (χ0) is 17.5. The van der Waals surface area contributed by atoms with Gasteiger partial charge in [-0.1, -0.05) is 18.5 Å². The summed E-state index contributed by atoms with van der Waals surface area (Å²) in [5.41, 5.74) is 0. The summed E-state index contributed by atoms with van der Waals surface area (Å²) < 4.78 is 5.00. The molecule has 1 atom stereocenters. The fraction of sp³-hybridized carbons (Fsp3) is 0.529. The number of ether oxygens (including phenoxy) is 1. The number of carbonyl (C=O) groups excluding carboxylic acids is 2. The average molecular weight is 371 g/mol. The van der Waals surface area contributed by atoms with E-state index in [9.17, 15) is 9.59 Å². The fourth-order valence-electron chi connectivity index (χ4n) is 2.51. The first-order valence-electron chi connectivity index (χ1n) is 8.17. The number of carbonyl (C=O) groups is 2. The van der Waals surface area contributed by atoms with Gasteiger partial charge in [-0.25, -0.2) is 4.79 Å². The molecule has 0 aromatic heterocycles. The van der Waals surface area contributed by atoms with Gasteiger partial charge in [-0.05, 0) is 37.6 Å². The topological polar surface area (TPSA) is 49.9 Å². The van der Waals surface area contributed by atoms with Gasteiger partial charge >= 0.3 is 6.09 Å². The molecule has 2 amide bonds. The number of amides is 2. The van der Waals surface area contributed by atoms with E-state index in [4.69, 9.17) is 16.3 Å². The Bertz CT molecular complexity index is 559. The Morgan fingerprint density at radius 3 is 2.25 bits per heavy atom. The molecular formula is C17H23ClN2O3S. The highest BCUT2D eigenvalue weighted by molar-refractivity contribution is 8.00. The molecule has 0 N–H and O–H groups in total. The molecule has 0 saturated carbocycles. The second-order valence-electron chi connectivity index (χ2n) is 5.48. The number of thioether (sulfide) groups is 1. The first-order chi connectivity index (χ1) is 11.5. The molecule has 1 aliphatic rings. The molecule has 2 rings (SSSR count). The Hall–Kier alpha value is -1.40. The fourth-order valence-corrected chi connectivity index (χ4v) is 3.68. The highest BCUT2D eigenvalue weighted by Crippen LogP contribution is 2.28. The summed E-state index contributed by atoms with van der Waals surface area (Å²) in [5.74, 6) is 0.126. The zero-order valence-corrected chi connectivity index (χ0v) is 15.6. The van der Waals surface area contributed by atoms with Gasteiger partial charge in [0.05, 0.1) is 11.9 Å². The SMILES string of the molecule is CCOC(=O)N1CCN(C(=O)[C@@H](CC)Sc2ccc(Cl)cc2)CC1. The van der Waals surface area contributed by atoms with Crippen molar-refractivity contribution < 1.29 is 14.3 Å². The van der Waals surface area contributed by atoms with Crippen molar-refractivity contribution in [2.24, 2.45) is 0 Å². The first kappa shape index (κ1) is 18.9. The van der Waals surface area contributed by atoms with E-state index in [2.05, 4.69) is 0 Å². The maximum atomic E-state index is 12.7. The molecular weight excluding hydrogens is 348 g/mol. The third kappa shape index (κ3) is 5.05. The Morgan fingerprint density at radius 2 is 1.71 bits per heavy atom. The van der Waals surface area contributed by atoms with Crippen molar-refractivity contribution in [3.05, 3.63) is 29.3 Å². The van der Waals surface area contributed by atoms with Crippen molar-refractivity contribution in [3.8, 4) is 0 Å². The van der Waals surface area contributed by atoms with Crippen LogP contribution >= 0.6 is 23.4 Å². The maximum Gasteiger partial charge on any atom is 0.409 e. The van der Waals surface area contributed by atoms with Crippen LogP contribution in [0.15, 0.2) is 29.2 Å². The summed E-state index contributed by atoms with van der Waals surface area (Å²) in [6.07, 6.45) is 0.455. The number of rotatable bonds is 5. The summed E-state index contributed by atoms with van der Waals surface area (Å²) in [6, 6.07) is 7.53. The minimum atomic E-state index is -0.299. The molecule has 24 heavy (non-hydrogen) atoms. The van der Waals surface area contributed by atoms with Crippen molar-refractivity contribution in [2.45, 2.75) is 30.4 Å². The van der Waals surface area contributed by atoms with Gasteiger partial charge in [-0.2, -0.15) is 0 Å². The molecule has 1 saturated heterocycles. The summed E-state index contributed by atoms with van der Waals surface area (Å²) in [7, 11) is 0. The standard InChI is InChI=1S/C17H23ClN2O3S/c1-3-15(24-14-7-5-13(18)6-8-14)16(21)19-9-11-20(12-10-19)17(22)23-4-2/h5-8,15H,3-4,9-12H2,1-2H3/t15-/m1/s1. The van der Waals surface area contributed by atoms with Gasteiger partial charge in [-0.15, -0.1) is 11.8 Å². The van der Waals surface area contributed by atoms with Crippen LogP contribution in [0.1, 0.15) is 20.3 Å². The molecule has 0 bridgehead atoms. The minimum Gasteiger partial charge on any atom is -0.450 e. The summed E-state index contributed by atoms with van der Waals surface area (Å²) in [6.45, 7) is 6.31. The van der Waals surface area contributed by atoms with Gasteiger partial charge in [0.15, 0.2) is 0 Å². The summed E-state index contributed by atoms with van der Waals surface area (Å²) in [4.78, 5) is 29.0. The van der Waals surface area contributed by atoms with Crippen molar-refractivity contribution >= 4 is 35.4 Å². The van der Waals surface area contributed by atoms with Crippen LogP contribution in [-0.2, 0) is 9.53 Å². The Kier molecular flexibility index (Phi) is 7.24. The molecule has 5 nitrogen and oxygen atoms in total. The first-order valence-corrected chi connectivity index (χ1v) is 9.43. The van der Waals surface area contributed by atoms with E-state index in [0.717, 1.165) is 11.3 Å². The van der Waals surface area contributed by atoms with Crippen LogP contribution < -0.4 is 0 Å². The molecule has 0 spiro atoms. The number of benzene rings is 1. The van der Waals surface area contributed by atoms with Crippen LogP contribution in [-0.4, -0.2) is 59.8 Å². The lowest BCUT2D eigenvalue weighted by molar-refractivity contribution is -0.132. The van der Waals surface area contributed by atoms with E-state index in [1.165, 1.54) is 0 Å². The Balaban J connectivity index is 1.90. The van der Waals surface area contributed by atoms with Crippen LogP contribution in [0.4, 0.5) is 4.79 Å². The van der Waals surface area contributed by atoms with E-state index in [-0.39, 0.29) is 17.3 Å². The summed E-state index contributed by atoms with van der Waals surface area (Å²) >= 11 is 7.46. The van der Waals surface area contributed by atoms with Gasteiger partial charge in [0.1, 0.15) is 0 Å². The molecule has 1 aliphatic heterocycles. The van der Waals surface area contributed by atoms with Crippen LogP contribution in [0, 0.1) is 0 Å². The van der Waals surface area contributed by atoms with E-state index in [0.29, 0.717) is 37.8 Å². The Labute approximate surface area is 152 Å². The molecule has 1 aromatic rings. The third-order valence-corrected chi connectivity index (χ3v) is 5.47. The van der Waals surface area contributed by atoms with Gasteiger partial charge in [-0.3, -0.25) is 4.79 Å². The van der Waals surface area contributed by atoms with Crippen molar-refractivity contribution in [1.82, 2.24) is 9.80 Å². The van der Waals surface area contributed by atoms with Gasteiger partial charge < -0.3 is 14.5 Å². The summed E-state index contributed by atoms with van der Waals surface area (Å²) in [5, 5.41) is 0.564. The highest BCUT2D eigenvalue weighted by Gasteiger charge is 2.29. The minimum absolute atomic E-state index is 0.125. The van der Waals surface area contributed by atoms with E-state index >= 15 is 0 Å². The second kappa shape index (κ2) is 9.18. The van der Waals surface area contributed by atoms with Crippen LogP contribution in [0.2, 0.25) is 5.02 Å². The maximum absolute atomic E-state index is 12.7. The lowest BCUT2D eigenvalue weighted by Gasteiger charge is -2.35. The lowest BCUT2D eigenvalue weighted by atomic mass is 10.2. The number of hydrogen-bond donors (Lipinski definition) is 0. The number of nitrogens with zero attached hydrogens (tertiary/aromatic N) is 2. The molecule has 0 unspecified atom stereocenters. The molecule has 132 valence electrons. The number of hydrogen-bond acceptors (Lipinski definition) is 4. The van der Waals surface area contributed by atoms with Gasteiger partial charge in [0.2, 0.25) is 5.91 Å². The monoisotopic (exact) mass is 370 g/mol. The normalized spacial score (nSPS) is 16.0. The number of piperazine rings is 1. The molecule has 1 aromatic carbocycles. The average Bonchev–Trinajstić information content (AvgIpc) is 2.61.